The molecule has 0 aromatic heterocycles. The van der Waals surface area contributed by atoms with Gasteiger partial charge in [-0.2, -0.15) is 0 Å². The molecule has 0 radical (unpaired) electrons. The molecule has 9 heteroatoms. The number of benzene rings is 2. The first kappa shape index (κ1) is 23.3. The molecule has 0 atom stereocenters. The molecule has 3 N–H and O–H groups in total. The Morgan fingerprint density at radius 3 is 2.31 bits per heavy atom. The molecule has 2 aromatic rings. The lowest BCUT2D eigenvalue weighted by molar-refractivity contribution is -0.121. The zero-order valence-corrected chi connectivity index (χ0v) is 20.0. The maximum atomic E-state index is 12.1. The van der Waals surface area contributed by atoms with Crippen molar-refractivity contribution in [2.75, 3.05) is 11.9 Å². The molecule has 0 spiro atoms. The Morgan fingerprint density at radius 1 is 1.14 bits per heavy atom. The molecule has 2 aromatic carbocycles. The maximum Gasteiger partial charge on any atom is 0.337 e. The number of hydrogen-bond donors (Lipinski definition) is 3. The van der Waals surface area contributed by atoms with Crippen LogP contribution in [0.4, 0.5) is 5.69 Å². The Kier molecular flexibility index (Phi) is 7.79. The van der Waals surface area contributed by atoms with Crippen LogP contribution in [0.5, 0.6) is 5.75 Å². The number of rotatable bonds is 5. The van der Waals surface area contributed by atoms with Crippen LogP contribution in [-0.4, -0.2) is 28.7 Å². The van der Waals surface area contributed by atoms with Crippen molar-refractivity contribution in [2.24, 2.45) is 0 Å². The first-order valence-electron chi connectivity index (χ1n) is 8.54. The highest BCUT2D eigenvalue weighted by molar-refractivity contribution is 9.11. The molecular weight excluding hydrogens is 524 g/mol. The van der Waals surface area contributed by atoms with Crippen molar-refractivity contribution in [2.45, 2.75) is 26.2 Å². The number of carbonyl (C=O) groups is 2. The number of ether oxygens (including phenoxy) is 1. The van der Waals surface area contributed by atoms with Crippen molar-refractivity contribution in [1.29, 1.82) is 0 Å². The third kappa shape index (κ3) is 6.80. The number of anilines is 1. The average Bonchev–Trinajstić information content (AvgIpc) is 2.61. The fraction of sp³-hybridized carbons (Fsp3) is 0.250. The van der Waals surface area contributed by atoms with E-state index < -0.39 is 11.9 Å². The second-order valence-corrected chi connectivity index (χ2v) is 9.36. The van der Waals surface area contributed by atoms with Crippen molar-refractivity contribution in [3.05, 3.63) is 56.5 Å². The minimum absolute atomic E-state index is 0.00182. The molecule has 154 valence electrons. The van der Waals surface area contributed by atoms with Gasteiger partial charge in [-0.1, -0.05) is 48.8 Å². The fourth-order valence-corrected chi connectivity index (χ4v) is 3.92. The molecule has 1 amide bonds. The summed E-state index contributed by atoms with van der Waals surface area (Å²) in [5.74, 6) is -1.03. The van der Waals surface area contributed by atoms with Gasteiger partial charge in [-0.3, -0.25) is 10.1 Å². The van der Waals surface area contributed by atoms with Crippen LogP contribution < -0.4 is 15.4 Å². The highest BCUT2D eigenvalue weighted by Gasteiger charge is 2.17. The maximum absolute atomic E-state index is 12.1. The van der Waals surface area contributed by atoms with Crippen LogP contribution in [0.25, 0.3) is 0 Å². The summed E-state index contributed by atoms with van der Waals surface area (Å²) in [7, 11) is 0. The van der Waals surface area contributed by atoms with Gasteiger partial charge in [0.1, 0.15) is 5.75 Å². The van der Waals surface area contributed by atoms with Gasteiger partial charge >= 0.3 is 5.97 Å². The van der Waals surface area contributed by atoms with E-state index in [1.54, 1.807) is 6.07 Å². The Hall–Kier alpha value is -1.97. The van der Waals surface area contributed by atoms with E-state index in [-0.39, 0.29) is 28.4 Å². The summed E-state index contributed by atoms with van der Waals surface area (Å²) in [6.45, 7) is 6.11. The normalized spacial score (nSPS) is 10.9. The number of carboxylic acids is 1. The molecule has 0 bridgehead atoms. The number of carboxylic acid groups (broad SMARTS) is 1. The lowest BCUT2D eigenvalue weighted by Crippen LogP contribution is -2.37. The Balaban J connectivity index is 1.95. The van der Waals surface area contributed by atoms with Crippen molar-refractivity contribution >= 4 is 66.8 Å². The predicted molar refractivity (Wildman–Crippen MR) is 124 cm³/mol. The molecule has 29 heavy (non-hydrogen) atoms. The highest BCUT2D eigenvalue weighted by Crippen LogP contribution is 2.31. The Morgan fingerprint density at radius 2 is 1.76 bits per heavy atom. The smallest absolute Gasteiger partial charge is 0.337 e. The number of thiocarbonyl (C=S) groups is 1. The third-order valence-electron chi connectivity index (χ3n) is 3.87. The van der Waals surface area contributed by atoms with Gasteiger partial charge in [0.2, 0.25) is 0 Å². The molecule has 6 nitrogen and oxygen atoms in total. The van der Waals surface area contributed by atoms with Crippen LogP contribution in [0.1, 0.15) is 36.7 Å². The minimum atomic E-state index is -1.13. The van der Waals surface area contributed by atoms with Crippen LogP contribution in [0.2, 0.25) is 0 Å². The lowest BCUT2D eigenvalue weighted by atomic mass is 9.87. The summed E-state index contributed by atoms with van der Waals surface area (Å²) in [6.07, 6.45) is 0. The van der Waals surface area contributed by atoms with Gasteiger partial charge in [0.05, 0.1) is 11.3 Å². The van der Waals surface area contributed by atoms with E-state index in [1.165, 1.54) is 6.07 Å². The van der Waals surface area contributed by atoms with E-state index in [0.717, 1.165) is 5.56 Å². The highest BCUT2D eigenvalue weighted by atomic mass is 79.9. The van der Waals surface area contributed by atoms with Crippen LogP contribution in [0.15, 0.2) is 45.3 Å². The molecule has 0 fully saturated rings. The number of amides is 1. The standard InChI is InChI=1S/C20H20Br2N2O4S/c1-20(2,3)11-4-6-13(7-5-11)28-10-16(25)23-19(29)24-17-14(18(26)27)8-12(21)9-15(17)22/h4-9H,10H2,1-3H3,(H,26,27)(H2,23,24,25,29). The van der Waals surface area contributed by atoms with Crippen molar-refractivity contribution in [1.82, 2.24) is 5.32 Å². The van der Waals surface area contributed by atoms with Crippen molar-refractivity contribution in [3.63, 3.8) is 0 Å². The lowest BCUT2D eigenvalue weighted by Gasteiger charge is -2.19. The quantitative estimate of drug-likeness (QED) is 0.455. The Bertz CT molecular complexity index is 941. The SMILES string of the molecule is CC(C)(C)c1ccc(OCC(=O)NC(=S)Nc2c(Br)cc(Br)cc2C(=O)O)cc1. The molecule has 0 aliphatic heterocycles. The third-order valence-corrected chi connectivity index (χ3v) is 5.15. The van der Waals surface area contributed by atoms with Crippen molar-refractivity contribution < 1.29 is 19.4 Å². The van der Waals surface area contributed by atoms with Gasteiger partial charge in [0, 0.05) is 8.95 Å². The summed E-state index contributed by atoms with van der Waals surface area (Å²) < 4.78 is 6.55. The van der Waals surface area contributed by atoms with Gasteiger partial charge in [-0.05, 0) is 63.4 Å². The summed E-state index contributed by atoms with van der Waals surface area (Å²) in [5, 5.41) is 14.5. The molecule has 0 saturated carbocycles. The Labute approximate surface area is 191 Å². The minimum Gasteiger partial charge on any atom is -0.484 e. The average molecular weight is 544 g/mol. The van der Waals surface area contributed by atoms with Gasteiger partial charge in [0.15, 0.2) is 11.7 Å². The molecule has 0 saturated heterocycles. The van der Waals surface area contributed by atoms with Crippen LogP contribution in [-0.2, 0) is 10.2 Å². The van der Waals surface area contributed by atoms with Gasteiger partial charge in [-0.15, -0.1) is 0 Å². The monoisotopic (exact) mass is 542 g/mol. The topological polar surface area (TPSA) is 87.7 Å². The van der Waals surface area contributed by atoms with E-state index >= 15 is 0 Å². The summed E-state index contributed by atoms with van der Waals surface area (Å²) in [6, 6.07) is 10.6. The number of carbonyl (C=O) groups excluding carboxylic acids is 1. The molecule has 0 aliphatic rings. The van der Waals surface area contributed by atoms with Crippen LogP contribution in [0, 0.1) is 0 Å². The summed E-state index contributed by atoms with van der Waals surface area (Å²) in [5.41, 5.74) is 1.43. The predicted octanol–water partition coefficient (Wildman–Crippen LogP) is 5.10. The zero-order chi connectivity index (χ0) is 21.8. The van der Waals surface area contributed by atoms with Gasteiger partial charge in [-0.25, -0.2) is 4.79 Å². The van der Waals surface area contributed by atoms with E-state index in [4.69, 9.17) is 17.0 Å². The number of halogens is 2. The summed E-state index contributed by atoms with van der Waals surface area (Å²) >= 11 is 11.6. The van der Waals surface area contributed by atoms with Gasteiger partial charge in [0.25, 0.3) is 5.91 Å². The van der Waals surface area contributed by atoms with Crippen LogP contribution >= 0.6 is 44.1 Å². The first-order chi connectivity index (χ1) is 13.5. The molecule has 0 aliphatic carbocycles. The van der Waals surface area contributed by atoms with E-state index in [9.17, 15) is 14.7 Å². The van der Waals surface area contributed by atoms with Crippen molar-refractivity contribution in [3.8, 4) is 5.75 Å². The number of aromatic carboxylic acids is 1. The first-order valence-corrected chi connectivity index (χ1v) is 10.5. The van der Waals surface area contributed by atoms with E-state index in [2.05, 4.69) is 63.3 Å². The second kappa shape index (κ2) is 9.69. The van der Waals surface area contributed by atoms with E-state index in [1.807, 2.05) is 24.3 Å². The van der Waals surface area contributed by atoms with Crippen LogP contribution in [0.3, 0.4) is 0 Å². The van der Waals surface area contributed by atoms with Gasteiger partial charge < -0.3 is 15.2 Å². The molecule has 0 unspecified atom stereocenters. The molecular formula is C20H20Br2N2O4S. The second-order valence-electron chi connectivity index (χ2n) is 7.18. The zero-order valence-electron chi connectivity index (χ0n) is 16.0. The molecule has 0 heterocycles. The fourth-order valence-electron chi connectivity index (χ4n) is 2.38. The number of nitrogens with one attached hydrogen (secondary N) is 2. The molecule has 2 rings (SSSR count). The number of hydrogen-bond acceptors (Lipinski definition) is 4. The van der Waals surface area contributed by atoms with E-state index in [0.29, 0.717) is 14.7 Å². The summed E-state index contributed by atoms with van der Waals surface area (Å²) in [4.78, 5) is 23.5. The largest absolute Gasteiger partial charge is 0.484 e.